The largest absolute Gasteiger partial charge is 0.422 e. The minimum Gasteiger partial charge on any atom is -0.422 e. The topological polar surface area (TPSA) is 99.2 Å². The highest BCUT2D eigenvalue weighted by Crippen LogP contribution is 2.54. The summed E-state index contributed by atoms with van der Waals surface area (Å²) in [6.45, 7) is 2.32. The third-order valence-electron chi connectivity index (χ3n) is 5.08. The van der Waals surface area contributed by atoms with Crippen LogP contribution in [-0.2, 0) is 33.4 Å². The van der Waals surface area contributed by atoms with Gasteiger partial charge in [0, 0.05) is 17.4 Å². The number of carbonyl (C=O) groups excluding carboxylic acids is 4. The second-order valence-electron chi connectivity index (χ2n) is 6.84. The third-order valence-corrected chi connectivity index (χ3v) is 5.80. The first-order chi connectivity index (χ1) is 13.2. The number of ether oxygens (including phenoxy) is 3. The van der Waals surface area contributed by atoms with Crippen LogP contribution >= 0.6 is 22.6 Å². The van der Waals surface area contributed by atoms with Crippen molar-refractivity contribution in [1.82, 2.24) is 0 Å². The molecule has 0 spiro atoms. The standard InChI is InChI=1S/C19H16INO7/c1-9(22)26-18(27-10(2)23)19-8-7-13(28-19)14-15(19)17(25)21(16(14)24)12-5-3-11(20)4-6-12/h3-8,13-15,18H,1-2H3/t13-,14-,15-,19-/m1/s1. The quantitative estimate of drug-likeness (QED) is 0.205. The number of hydrogen-bond donors (Lipinski definition) is 0. The summed E-state index contributed by atoms with van der Waals surface area (Å²) in [5.41, 5.74) is -1.08. The summed E-state index contributed by atoms with van der Waals surface area (Å²) >= 11 is 2.13. The number of rotatable bonds is 4. The maximum absolute atomic E-state index is 13.3. The van der Waals surface area contributed by atoms with Crippen LogP contribution in [0.1, 0.15) is 13.8 Å². The van der Waals surface area contributed by atoms with Crippen LogP contribution < -0.4 is 4.90 Å². The minimum atomic E-state index is -1.53. The third kappa shape index (κ3) is 2.75. The Labute approximate surface area is 173 Å². The lowest BCUT2D eigenvalue weighted by atomic mass is 9.76. The fourth-order valence-corrected chi connectivity index (χ4v) is 4.42. The van der Waals surface area contributed by atoms with E-state index in [4.69, 9.17) is 14.2 Å². The lowest BCUT2D eigenvalue weighted by Gasteiger charge is -2.34. The maximum Gasteiger partial charge on any atom is 0.305 e. The Balaban J connectivity index is 1.74. The van der Waals surface area contributed by atoms with E-state index in [-0.39, 0.29) is 0 Å². The van der Waals surface area contributed by atoms with Crippen molar-refractivity contribution in [2.45, 2.75) is 31.8 Å². The van der Waals surface area contributed by atoms with E-state index in [9.17, 15) is 19.2 Å². The van der Waals surface area contributed by atoms with E-state index >= 15 is 0 Å². The van der Waals surface area contributed by atoms with Gasteiger partial charge in [-0.1, -0.05) is 6.08 Å². The van der Waals surface area contributed by atoms with E-state index in [1.165, 1.54) is 0 Å². The number of benzene rings is 1. The van der Waals surface area contributed by atoms with E-state index in [0.29, 0.717) is 5.69 Å². The average Bonchev–Trinajstić information content (AvgIpc) is 3.26. The Morgan fingerprint density at radius 3 is 2.29 bits per heavy atom. The number of imide groups is 1. The van der Waals surface area contributed by atoms with Gasteiger partial charge in [0.2, 0.25) is 11.8 Å². The summed E-state index contributed by atoms with van der Waals surface area (Å²) in [7, 11) is 0. The van der Waals surface area contributed by atoms with E-state index in [2.05, 4.69) is 22.6 Å². The van der Waals surface area contributed by atoms with Crippen LogP contribution in [0, 0.1) is 15.4 Å². The highest BCUT2D eigenvalue weighted by molar-refractivity contribution is 14.1. The van der Waals surface area contributed by atoms with Crippen molar-refractivity contribution in [3.63, 3.8) is 0 Å². The Hall–Kier alpha value is -2.27. The molecule has 28 heavy (non-hydrogen) atoms. The van der Waals surface area contributed by atoms with Crippen LogP contribution in [0.3, 0.4) is 0 Å². The van der Waals surface area contributed by atoms with E-state index in [1.807, 2.05) is 0 Å². The van der Waals surface area contributed by atoms with Crippen LogP contribution in [0.2, 0.25) is 0 Å². The van der Waals surface area contributed by atoms with Gasteiger partial charge in [-0.15, -0.1) is 0 Å². The fourth-order valence-electron chi connectivity index (χ4n) is 4.06. The zero-order chi connectivity index (χ0) is 20.2. The first-order valence-corrected chi connectivity index (χ1v) is 9.67. The maximum atomic E-state index is 13.3. The van der Waals surface area contributed by atoms with Gasteiger partial charge >= 0.3 is 11.9 Å². The van der Waals surface area contributed by atoms with E-state index in [0.717, 1.165) is 22.3 Å². The second-order valence-corrected chi connectivity index (χ2v) is 8.08. The van der Waals surface area contributed by atoms with Gasteiger partial charge in [0.15, 0.2) is 5.60 Å². The van der Waals surface area contributed by atoms with Crippen molar-refractivity contribution in [2.24, 2.45) is 11.8 Å². The molecule has 3 heterocycles. The molecule has 4 rings (SSSR count). The van der Waals surface area contributed by atoms with Gasteiger partial charge in [-0.3, -0.25) is 19.2 Å². The first-order valence-electron chi connectivity index (χ1n) is 8.59. The summed E-state index contributed by atoms with van der Waals surface area (Å²) < 4.78 is 17.2. The molecule has 0 unspecified atom stereocenters. The van der Waals surface area contributed by atoms with Crippen molar-refractivity contribution >= 4 is 52.0 Å². The van der Waals surface area contributed by atoms with Gasteiger partial charge in [0.25, 0.3) is 6.29 Å². The molecule has 0 radical (unpaired) electrons. The SMILES string of the molecule is CC(=O)OC(OC(C)=O)[C@]12C=C[C@@H](O1)[C@H]1C(=O)N(c3ccc(I)cc3)C(=O)[C@@H]12. The number of fused-ring (bicyclic) bond motifs is 5. The van der Waals surface area contributed by atoms with Crippen LogP contribution in [0.15, 0.2) is 36.4 Å². The lowest BCUT2D eigenvalue weighted by Crippen LogP contribution is -2.52. The Morgan fingerprint density at radius 1 is 1.11 bits per heavy atom. The predicted octanol–water partition coefficient (Wildman–Crippen LogP) is 1.56. The molecule has 0 saturated carbocycles. The van der Waals surface area contributed by atoms with Gasteiger partial charge in [0.1, 0.15) is 0 Å². The molecule has 9 heteroatoms. The number of nitrogens with zero attached hydrogens (tertiary/aromatic N) is 1. The molecule has 3 aliphatic heterocycles. The van der Waals surface area contributed by atoms with E-state index in [1.54, 1.807) is 36.4 Å². The fraction of sp³-hybridized carbons (Fsp3) is 0.368. The Morgan fingerprint density at radius 2 is 1.71 bits per heavy atom. The van der Waals surface area contributed by atoms with Crippen LogP contribution in [-0.4, -0.2) is 41.7 Å². The summed E-state index contributed by atoms with van der Waals surface area (Å²) in [4.78, 5) is 50.6. The number of halogens is 1. The molecule has 2 fully saturated rings. The molecular formula is C19H16INO7. The van der Waals surface area contributed by atoms with Gasteiger partial charge in [0.05, 0.1) is 23.6 Å². The Kier molecular flexibility index (Phi) is 4.53. The number of amides is 2. The molecule has 8 nitrogen and oxygen atoms in total. The summed E-state index contributed by atoms with van der Waals surface area (Å²) in [6, 6.07) is 6.97. The molecule has 0 aromatic heterocycles. The monoisotopic (exact) mass is 497 g/mol. The summed E-state index contributed by atoms with van der Waals surface area (Å²) in [6.07, 6.45) is 1.07. The van der Waals surface area contributed by atoms with Crippen molar-refractivity contribution in [3.8, 4) is 0 Å². The summed E-state index contributed by atoms with van der Waals surface area (Å²) in [5.74, 6) is -4.00. The molecule has 0 N–H and O–H groups in total. The van der Waals surface area contributed by atoms with Crippen LogP contribution in [0.4, 0.5) is 5.69 Å². The zero-order valence-electron chi connectivity index (χ0n) is 15.0. The molecule has 146 valence electrons. The van der Waals surface area contributed by atoms with Gasteiger partial charge in [-0.05, 0) is 52.9 Å². The second kappa shape index (κ2) is 6.66. The number of carbonyl (C=O) groups is 4. The van der Waals surface area contributed by atoms with E-state index < -0.39 is 53.6 Å². The predicted molar refractivity (Wildman–Crippen MR) is 103 cm³/mol. The molecule has 2 bridgehead atoms. The molecule has 3 aliphatic rings. The molecule has 2 saturated heterocycles. The molecule has 1 aromatic carbocycles. The van der Waals surface area contributed by atoms with Gasteiger partial charge < -0.3 is 14.2 Å². The summed E-state index contributed by atoms with van der Waals surface area (Å²) in [5, 5.41) is 0. The zero-order valence-corrected chi connectivity index (χ0v) is 17.1. The number of esters is 2. The highest BCUT2D eigenvalue weighted by atomic mass is 127. The van der Waals surface area contributed by atoms with Crippen molar-refractivity contribution in [1.29, 1.82) is 0 Å². The number of hydrogen-bond acceptors (Lipinski definition) is 7. The highest BCUT2D eigenvalue weighted by Gasteiger charge is 2.72. The normalized spacial score (nSPS) is 30.1. The van der Waals surface area contributed by atoms with Crippen molar-refractivity contribution in [2.75, 3.05) is 4.90 Å². The minimum absolute atomic E-state index is 0.392. The molecule has 0 aliphatic carbocycles. The number of anilines is 1. The van der Waals surface area contributed by atoms with Gasteiger partial charge in [-0.25, -0.2) is 4.90 Å². The molecule has 1 aromatic rings. The van der Waals surface area contributed by atoms with Gasteiger partial charge in [-0.2, -0.15) is 0 Å². The first kappa shape index (κ1) is 19.1. The average molecular weight is 497 g/mol. The molecular weight excluding hydrogens is 481 g/mol. The van der Waals surface area contributed by atoms with Crippen LogP contribution in [0.25, 0.3) is 0 Å². The van der Waals surface area contributed by atoms with Crippen molar-refractivity contribution < 1.29 is 33.4 Å². The lowest BCUT2D eigenvalue weighted by molar-refractivity contribution is -0.226. The molecule has 4 atom stereocenters. The molecule has 2 amide bonds. The smallest absolute Gasteiger partial charge is 0.305 e. The Bertz CT molecular complexity index is 895. The van der Waals surface area contributed by atoms with Crippen molar-refractivity contribution in [3.05, 3.63) is 40.0 Å². The van der Waals surface area contributed by atoms with Crippen LogP contribution in [0.5, 0.6) is 0 Å².